The van der Waals surface area contributed by atoms with E-state index in [0.29, 0.717) is 39.2 Å². The molecule has 2 N–H and O–H groups in total. The third-order valence-electron chi connectivity index (χ3n) is 4.69. The number of methoxy groups -OCH3 is 2. The number of nitriles is 1. The molecule has 0 heterocycles. The van der Waals surface area contributed by atoms with E-state index in [-0.39, 0.29) is 18.1 Å². The number of hydrogen-bond donors (Lipinski definition) is 2. The second kappa shape index (κ2) is 12.1. The van der Waals surface area contributed by atoms with Gasteiger partial charge in [-0.15, -0.1) is 0 Å². The lowest BCUT2D eigenvalue weighted by atomic mass is 10.1. The fraction of sp³-hybridized carbons (Fsp3) is 0.115. The molecule has 0 unspecified atom stereocenters. The van der Waals surface area contributed by atoms with E-state index in [4.69, 9.17) is 25.8 Å². The number of rotatable bonds is 9. The van der Waals surface area contributed by atoms with Gasteiger partial charge in [-0.3, -0.25) is 9.59 Å². The number of carbonyl (C=O) groups is 2. The van der Waals surface area contributed by atoms with E-state index in [1.807, 2.05) is 6.07 Å². The van der Waals surface area contributed by atoms with E-state index >= 15 is 0 Å². The van der Waals surface area contributed by atoms with Gasteiger partial charge in [0.1, 0.15) is 17.4 Å². The SMILES string of the molecule is COc1ccccc1NC(=O)COc1ccc(/C=C(/C#N)C(=O)Nc2cccc(Cl)c2)cc1OC. The predicted molar refractivity (Wildman–Crippen MR) is 134 cm³/mol. The minimum atomic E-state index is -0.581. The fourth-order valence-corrected chi connectivity index (χ4v) is 3.24. The first-order valence-corrected chi connectivity index (χ1v) is 10.7. The van der Waals surface area contributed by atoms with Crippen LogP contribution in [0.15, 0.2) is 72.3 Å². The normalized spacial score (nSPS) is 10.6. The second-order valence-electron chi connectivity index (χ2n) is 7.08. The first kappa shape index (κ1) is 25.1. The highest BCUT2D eigenvalue weighted by atomic mass is 35.5. The van der Waals surface area contributed by atoms with Gasteiger partial charge in [-0.05, 0) is 54.1 Å². The van der Waals surface area contributed by atoms with Gasteiger partial charge in [0.15, 0.2) is 18.1 Å². The maximum absolute atomic E-state index is 12.5. The van der Waals surface area contributed by atoms with E-state index in [1.165, 1.54) is 20.3 Å². The Morgan fingerprint density at radius 1 is 0.943 bits per heavy atom. The van der Waals surface area contributed by atoms with Crippen molar-refractivity contribution in [2.24, 2.45) is 0 Å². The Morgan fingerprint density at radius 2 is 1.71 bits per heavy atom. The van der Waals surface area contributed by atoms with Crippen molar-refractivity contribution in [1.29, 1.82) is 5.26 Å². The summed E-state index contributed by atoms with van der Waals surface area (Å²) in [6.45, 7) is -0.269. The van der Waals surface area contributed by atoms with E-state index in [1.54, 1.807) is 66.7 Å². The Bertz CT molecular complexity index is 1300. The van der Waals surface area contributed by atoms with Gasteiger partial charge in [0.25, 0.3) is 11.8 Å². The van der Waals surface area contributed by atoms with Crippen LogP contribution in [0.4, 0.5) is 11.4 Å². The molecule has 3 aromatic rings. The monoisotopic (exact) mass is 491 g/mol. The molecule has 0 aliphatic rings. The third-order valence-corrected chi connectivity index (χ3v) is 4.92. The Kier molecular flexibility index (Phi) is 8.70. The summed E-state index contributed by atoms with van der Waals surface area (Å²) in [6, 6.07) is 20.3. The average molecular weight is 492 g/mol. The van der Waals surface area contributed by atoms with Crippen molar-refractivity contribution in [3.05, 3.63) is 82.9 Å². The van der Waals surface area contributed by atoms with Crippen LogP contribution in [0.25, 0.3) is 6.08 Å². The number of carbonyl (C=O) groups excluding carboxylic acids is 2. The van der Waals surface area contributed by atoms with Crippen LogP contribution in [0.3, 0.4) is 0 Å². The standard InChI is InChI=1S/C26H22ClN3O5/c1-33-22-9-4-3-8-21(22)30-25(31)16-35-23-11-10-17(13-24(23)34-2)12-18(15-28)26(32)29-20-7-5-6-19(27)14-20/h3-14H,16H2,1-2H3,(H,29,32)(H,30,31)/b18-12-. The molecular weight excluding hydrogens is 470 g/mol. The highest BCUT2D eigenvalue weighted by molar-refractivity contribution is 6.31. The topological polar surface area (TPSA) is 110 Å². The average Bonchev–Trinajstić information content (AvgIpc) is 2.86. The third kappa shape index (κ3) is 7.00. The number of para-hydroxylation sites is 2. The molecule has 0 saturated heterocycles. The molecule has 0 bridgehead atoms. The lowest BCUT2D eigenvalue weighted by Gasteiger charge is -2.13. The molecule has 0 spiro atoms. The van der Waals surface area contributed by atoms with E-state index < -0.39 is 5.91 Å². The molecule has 3 rings (SSSR count). The quantitative estimate of drug-likeness (QED) is 0.325. The summed E-state index contributed by atoms with van der Waals surface area (Å²) in [5, 5.41) is 15.3. The van der Waals surface area contributed by atoms with Crippen molar-refractivity contribution in [1.82, 2.24) is 0 Å². The predicted octanol–water partition coefficient (Wildman–Crippen LogP) is 4.92. The molecule has 0 radical (unpaired) electrons. The van der Waals surface area contributed by atoms with Crippen molar-refractivity contribution in [3.8, 4) is 23.3 Å². The molecule has 8 nitrogen and oxygen atoms in total. The zero-order chi connectivity index (χ0) is 25.2. The van der Waals surface area contributed by atoms with Gasteiger partial charge >= 0.3 is 0 Å². The summed E-state index contributed by atoms with van der Waals surface area (Å²) >= 11 is 5.93. The lowest BCUT2D eigenvalue weighted by molar-refractivity contribution is -0.118. The molecule has 0 aliphatic heterocycles. The molecular formula is C26H22ClN3O5. The Labute approximate surface area is 207 Å². The maximum Gasteiger partial charge on any atom is 0.266 e. The minimum Gasteiger partial charge on any atom is -0.495 e. The van der Waals surface area contributed by atoms with Gasteiger partial charge in [-0.2, -0.15) is 5.26 Å². The first-order chi connectivity index (χ1) is 16.9. The van der Waals surface area contributed by atoms with Crippen LogP contribution in [0, 0.1) is 11.3 Å². The molecule has 178 valence electrons. The molecule has 9 heteroatoms. The summed E-state index contributed by atoms with van der Waals surface area (Å²) in [6.07, 6.45) is 1.42. The van der Waals surface area contributed by atoms with Gasteiger partial charge in [0, 0.05) is 10.7 Å². The number of nitrogens with zero attached hydrogens (tertiary/aromatic N) is 1. The highest BCUT2D eigenvalue weighted by Crippen LogP contribution is 2.29. The smallest absolute Gasteiger partial charge is 0.266 e. The zero-order valence-corrected chi connectivity index (χ0v) is 19.8. The maximum atomic E-state index is 12.5. The number of benzene rings is 3. The van der Waals surface area contributed by atoms with Gasteiger partial charge in [0.05, 0.1) is 19.9 Å². The highest BCUT2D eigenvalue weighted by Gasteiger charge is 2.13. The summed E-state index contributed by atoms with van der Waals surface area (Å²) in [7, 11) is 2.96. The number of halogens is 1. The lowest BCUT2D eigenvalue weighted by Crippen LogP contribution is -2.20. The van der Waals surface area contributed by atoms with Gasteiger partial charge in [-0.1, -0.05) is 35.9 Å². The van der Waals surface area contributed by atoms with Gasteiger partial charge in [-0.25, -0.2) is 0 Å². The van der Waals surface area contributed by atoms with Crippen molar-refractivity contribution in [2.75, 3.05) is 31.5 Å². The van der Waals surface area contributed by atoms with Crippen LogP contribution in [-0.4, -0.2) is 32.6 Å². The molecule has 0 fully saturated rings. The van der Waals surface area contributed by atoms with E-state index in [0.717, 1.165) is 0 Å². The van der Waals surface area contributed by atoms with Crippen molar-refractivity contribution in [2.45, 2.75) is 0 Å². The second-order valence-corrected chi connectivity index (χ2v) is 7.52. The van der Waals surface area contributed by atoms with Crippen LogP contribution < -0.4 is 24.8 Å². The van der Waals surface area contributed by atoms with Crippen LogP contribution in [0.1, 0.15) is 5.56 Å². The van der Waals surface area contributed by atoms with Crippen molar-refractivity contribution in [3.63, 3.8) is 0 Å². The molecule has 0 saturated carbocycles. The number of ether oxygens (including phenoxy) is 3. The minimum absolute atomic E-state index is 0.114. The molecule has 0 aliphatic carbocycles. The van der Waals surface area contributed by atoms with Gasteiger partial charge < -0.3 is 24.8 Å². The van der Waals surface area contributed by atoms with Gasteiger partial charge in [0.2, 0.25) is 0 Å². The van der Waals surface area contributed by atoms with E-state index in [9.17, 15) is 14.9 Å². The number of nitrogens with one attached hydrogen (secondary N) is 2. The Balaban J connectivity index is 1.68. The van der Waals surface area contributed by atoms with Crippen LogP contribution >= 0.6 is 11.6 Å². The molecule has 0 atom stereocenters. The number of amides is 2. The Hall–Kier alpha value is -4.48. The van der Waals surface area contributed by atoms with E-state index in [2.05, 4.69) is 10.6 Å². The molecule has 2 amide bonds. The number of anilines is 2. The summed E-state index contributed by atoms with van der Waals surface area (Å²) in [4.78, 5) is 24.8. The fourth-order valence-electron chi connectivity index (χ4n) is 3.05. The zero-order valence-electron chi connectivity index (χ0n) is 19.0. The van der Waals surface area contributed by atoms with Crippen LogP contribution in [0.2, 0.25) is 5.02 Å². The first-order valence-electron chi connectivity index (χ1n) is 10.4. The van der Waals surface area contributed by atoms with Crippen molar-refractivity contribution < 1.29 is 23.8 Å². The van der Waals surface area contributed by atoms with Crippen molar-refractivity contribution >= 4 is 40.9 Å². The van der Waals surface area contributed by atoms with Crippen LogP contribution in [-0.2, 0) is 9.59 Å². The summed E-state index contributed by atoms with van der Waals surface area (Å²) < 4.78 is 16.2. The van der Waals surface area contributed by atoms with Crippen LogP contribution in [0.5, 0.6) is 17.2 Å². The molecule has 35 heavy (non-hydrogen) atoms. The summed E-state index contributed by atoms with van der Waals surface area (Å²) in [5.74, 6) is 0.215. The Morgan fingerprint density at radius 3 is 2.43 bits per heavy atom. The molecule has 3 aromatic carbocycles. The number of hydrogen-bond acceptors (Lipinski definition) is 6. The summed E-state index contributed by atoms with van der Waals surface area (Å²) in [5.41, 5.74) is 1.41. The molecule has 0 aromatic heterocycles. The largest absolute Gasteiger partial charge is 0.495 e.